The summed E-state index contributed by atoms with van der Waals surface area (Å²) in [5.41, 5.74) is 4.99. The Morgan fingerprint density at radius 1 is 1.28 bits per heavy atom. The van der Waals surface area contributed by atoms with Crippen LogP contribution in [0.25, 0.3) is 0 Å². The van der Waals surface area contributed by atoms with E-state index in [0.717, 1.165) is 4.90 Å². The molecule has 1 heterocycles. The highest BCUT2D eigenvalue weighted by Gasteiger charge is 2.33. The van der Waals surface area contributed by atoms with Crippen LogP contribution in [0.4, 0.5) is 4.79 Å². The molecule has 5 amide bonds. The SMILES string of the molecule is CC(C)C(NC(N)=O)C(=O)N1CC(=O)NC(=O)C1. The molecule has 0 bridgehead atoms. The predicted molar refractivity (Wildman–Crippen MR) is 61.1 cm³/mol. The van der Waals surface area contributed by atoms with Crippen molar-refractivity contribution in [3.8, 4) is 0 Å². The lowest BCUT2D eigenvalue weighted by atomic mass is 10.0. The van der Waals surface area contributed by atoms with Crippen molar-refractivity contribution in [3.05, 3.63) is 0 Å². The van der Waals surface area contributed by atoms with Crippen molar-refractivity contribution < 1.29 is 19.2 Å². The second-order valence-corrected chi connectivity index (χ2v) is 4.40. The molecular weight excluding hydrogens is 240 g/mol. The number of hydrogen-bond donors (Lipinski definition) is 3. The van der Waals surface area contributed by atoms with E-state index >= 15 is 0 Å². The van der Waals surface area contributed by atoms with Crippen LogP contribution in [0, 0.1) is 5.92 Å². The maximum Gasteiger partial charge on any atom is 0.312 e. The lowest BCUT2D eigenvalue weighted by Crippen LogP contribution is -2.59. The van der Waals surface area contributed by atoms with Gasteiger partial charge in [-0.25, -0.2) is 4.79 Å². The van der Waals surface area contributed by atoms with E-state index in [1.54, 1.807) is 13.8 Å². The van der Waals surface area contributed by atoms with Crippen LogP contribution >= 0.6 is 0 Å². The van der Waals surface area contributed by atoms with Crippen LogP contribution < -0.4 is 16.4 Å². The first-order chi connectivity index (χ1) is 8.31. The highest BCUT2D eigenvalue weighted by Crippen LogP contribution is 2.07. The zero-order valence-corrected chi connectivity index (χ0v) is 10.2. The molecule has 0 aromatic carbocycles. The molecule has 1 aliphatic rings. The molecule has 8 heteroatoms. The second kappa shape index (κ2) is 5.48. The molecule has 1 unspecified atom stereocenters. The number of piperazine rings is 1. The van der Waals surface area contributed by atoms with Crippen molar-refractivity contribution in [1.82, 2.24) is 15.5 Å². The van der Waals surface area contributed by atoms with Gasteiger partial charge in [0.15, 0.2) is 0 Å². The first-order valence-corrected chi connectivity index (χ1v) is 5.48. The van der Waals surface area contributed by atoms with Gasteiger partial charge in [0.2, 0.25) is 17.7 Å². The number of carbonyl (C=O) groups is 4. The number of nitrogens with two attached hydrogens (primary N) is 1. The summed E-state index contributed by atoms with van der Waals surface area (Å²) in [6.07, 6.45) is 0. The van der Waals surface area contributed by atoms with Gasteiger partial charge in [0.25, 0.3) is 0 Å². The Balaban J connectivity index is 2.79. The quantitative estimate of drug-likeness (QED) is 0.514. The predicted octanol–water partition coefficient (Wildman–Crippen LogP) is -1.84. The van der Waals surface area contributed by atoms with Crippen LogP contribution in [0.5, 0.6) is 0 Å². The Morgan fingerprint density at radius 3 is 2.17 bits per heavy atom. The summed E-state index contributed by atoms with van der Waals surface area (Å²) in [4.78, 5) is 46.3. The number of nitrogens with zero attached hydrogens (tertiary/aromatic N) is 1. The minimum Gasteiger partial charge on any atom is -0.352 e. The first-order valence-electron chi connectivity index (χ1n) is 5.48. The monoisotopic (exact) mass is 256 g/mol. The summed E-state index contributed by atoms with van der Waals surface area (Å²) in [6.45, 7) is 3.05. The molecule has 18 heavy (non-hydrogen) atoms. The maximum atomic E-state index is 12.1. The van der Waals surface area contributed by atoms with Gasteiger partial charge in [-0.05, 0) is 5.92 Å². The number of primary amides is 1. The molecule has 1 rings (SSSR count). The summed E-state index contributed by atoms with van der Waals surface area (Å²) in [5.74, 6) is -1.78. The van der Waals surface area contributed by atoms with E-state index in [1.165, 1.54) is 0 Å². The number of hydrogen-bond acceptors (Lipinski definition) is 4. The summed E-state index contributed by atoms with van der Waals surface area (Å²) in [6, 6.07) is -1.67. The standard InChI is InChI=1S/C10H16N4O4/c1-5(2)8(13-10(11)18)9(17)14-3-6(15)12-7(16)4-14/h5,8H,3-4H2,1-2H3,(H3,11,13,18)(H,12,15,16). The highest BCUT2D eigenvalue weighted by molar-refractivity contribution is 6.03. The van der Waals surface area contributed by atoms with E-state index < -0.39 is 29.8 Å². The second-order valence-electron chi connectivity index (χ2n) is 4.40. The number of nitrogens with one attached hydrogen (secondary N) is 2. The molecule has 1 fully saturated rings. The molecule has 0 spiro atoms. The zero-order chi connectivity index (χ0) is 13.9. The van der Waals surface area contributed by atoms with Crippen molar-refractivity contribution >= 4 is 23.8 Å². The Hall–Kier alpha value is -2.12. The fraction of sp³-hybridized carbons (Fsp3) is 0.600. The number of rotatable bonds is 3. The maximum absolute atomic E-state index is 12.1. The van der Waals surface area contributed by atoms with Gasteiger partial charge in [-0.2, -0.15) is 0 Å². The van der Waals surface area contributed by atoms with Crippen molar-refractivity contribution in [3.63, 3.8) is 0 Å². The molecule has 8 nitrogen and oxygen atoms in total. The lowest BCUT2D eigenvalue weighted by molar-refractivity contribution is -0.146. The average Bonchev–Trinajstić information content (AvgIpc) is 2.23. The Morgan fingerprint density at radius 2 is 1.78 bits per heavy atom. The molecule has 1 atom stereocenters. The fourth-order valence-corrected chi connectivity index (χ4v) is 1.66. The van der Waals surface area contributed by atoms with E-state index in [2.05, 4.69) is 10.6 Å². The van der Waals surface area contributed by atoms with Gasteiger partial charge in [-0.15, -0.1) is 0 Å². The van der Waals surface area contributed by atoms with Gasteiger partial charge >= 0.3 is 6.03 Å². The average molecular weight is 256 g/mol. The Kier molecular flexibility index (Phi) is 4.24. The Bertz CT molecular complexity index is 377. The van der Waals surface area contributed by atoms with Gasteiger partial charge in [0.1, 0.15) is 19.1 Å². The van der Waals surface area contributed by atoms with E-state index in [0.29, 0.717) is 0 Å². The molecule has 0 aliphatic carbocycles. The summed E-state index contributed by atoms with van der Waals surface area (Å²) < 4.78 is 0. The van der Waals surface area contributed by atoms with Crippen molar-refractivity contribution in [2.75, 3.05) is 13.1 Å². The van der Waals surface area contributed by atoms with E-state index in [4.69, 9.17) is 5.73 Å². The Labute approximate surface area is 104 Å². The lowest BCUT2D eigenvalue weighted by Gasteiger charge is -2.30. The van der Waals surface area contributed by atoms with Crippen LogP contribution in [0.3, 0.4) is 0 Å². The van der Waals surface area contributed by atoms with E-state index in [1.807, 2.05) is 0 Å². The highest BCUT2D eigenvalue weighted by atomic mass is 16.2. The van der Waals surface area contributed by atoms with E-state index in [9.17, 15) is 19.2 Å². The molecule has 0 saturated carbocycles. The van der Waals surface area contributed by atoms with Gasteiger partial charge in [0, 0.05) is 0 Å². The fourth-order valence-electron chi connectivity index (χ4n) is 1.66. The molecule has 100 valence electrons. The van der Waals surface area contributed by atoms with Crippen molar-refractivity contribution in [2.24, 2.45) is 11.7 Å². The normalized spacial score (nSPS) is 17.4. The third kappa shape index (κ3) is 3.44. The molecule has 0 aromatic heterocycles. The van der Waals surface area contributed by atoms with E-state index in [-0.39, 0.29) is 19.0 Å². The molecule has 0 aromatic rings. The van der Waals surface area contributed by atoms with Gasteiger partial charge in [-0.3, -0.25) is 19.7 Å². The van der Waals surface area contributed by atoms with Crippen molar-refractivity contribution in [1.29, 1.82) is 0 Å². The topological polar surface area (TPSA) is 122 Å². The van der Waals surface area contributed by atoms with Crippen LogP contribution in [0.15, 0.2) is 0 Å². The molecule has 1 aliphatic heterocycles. The third-order valence-corrected chi connectivity index (χ3v) is 2.49. The van der Waals surface area contributed by atoms with Crippen LogP contribution in [-0.4, -0.2) is 47.8 Å². The molecule has 0 radical (unpaired) electrons. The van der Waals surface area contributed by atoms with Gasteiger partial charge in [-0.1, -0.05) is 13.8 Å². The number of imide groups is 1. The zero-order valence-electron chi connectivity index (χ0n) is 10.2. The van der Waals surface area contributed by atoms with Crippen LogP contribution in [0.2, 0.25) is 0 Å². The number of urea groups is 1. The summed E-state index contributed by atoms with van der Waals surface area (Å²) in [5, 5.41) is 4.40. The third-order valence-electron chi connectivity index (χ3n) is 2.49. The largest absolute Gasteiger partial charge is 0.352 e. The van der Waals surface area contributed by atoms with Gasteiger partial charge < -0.3 is 16.0 Å². The van der Waals surface area contributed by atoms with Gasteiger partial charge in [0.05, 0.1) is 0 Å². The smallest absolute Gasteiger partial charge is 0.312 e. The van der Waals surface area contributed by atoms with Crippen molar-refractivity contribution in [2.45, 2.75) is 19.9 Å². The summed E-state index contributed by atoms with van der Waals surface area (Å²) in [7, 11) is 0. The molecular formula is C10H16N4O4. The number of amides is 5. The minimum absolute atomic E-state index is 0.200. The first kappa shape index (κ1) is 13.9. The van der Waals surface area contributed by atoms with Crippen LogP contribution in [-0.2, 0) is 14.4 Å². The molecule has 1 saturated heterocycles. The minimum atomic E-state index is -0.846. The van der Waals surface area contributed by atoms with Crippen LogP contribution in [0.1, 0.15) is 13.8 Å². The summed E-state index contributed by atoms with van der Waals surface area (Å²) >= 11 is 0. The number of carbonyl (C=O) groups excluding carboxylic acids is 4. The molecule has 4 N–H and O–H groups in total.